The lowest BCUT2D eigenvalue weighted by Gasteiger charge is -2.39. The minimum absolute atomic E-state index is 0.146. The summed E-state index contributed by atoms with van der Waals surface area (Å²) in [6.07, 6.45) is 1.84. The Hall–Kier alpha value is -1.55. The number of rotatable bonds is 0. The van der Waals surface area contributed by atoms with Crippen molar-refractivity contribution >= 4 is 11.6 Å². The van der Waals surface area contributed by atoms with Gasteiger partial charge in [0.2, 0.25) is 5.91 Å². The summed E-state index contributed by atoms with van der Waals surface area (Å²) in [4.78, 5) is 16.2. The fourth-order valence-electron chi connectivity index (χ4n) is 4.49. The van der Waals surface area contributed by atoms with Gasteiger partial charge in [0, 0.05) is 44.7 Å². The van der Waals surface area contributed by atoms with Crippen LogP contribution in [0.4, 0.5) is 5.69 Å². The summed E-state index contributed by atoms with van der Waals surface area (Å²) < 4.78 is 0. The van der Waals surface area contributed by atoms with Crippen LogP contribution in [-0.4, -0.2) is 41.7 Å². The van der Waals surface area contributed by atoms with Crippen LogP contribution < -0.4 is 4.90 Å². The third kappa shape index (κ3) is 1.96. The molecule has 0 aromatic heterocycles. The first kappa shape index (κ1) is 13.1. The number of aliphatic hydroxyl groups excluding tert-OH is 1. The van der Waals surface area contributed by atoms with E-state index in [0.29, 0.717) is 18.4 Å². The molecule has 4 nitrogen and oxygen atoms in total. The third-order valence-electron chi connectivity index (χ3n) is 5.48. The van der Waals surface area contributed by atoms with Crippen LogP contribution in [-0.2, 0) is 11.3 Å². The molecule has 1 aromatic carbocycles. The quantitative estimate of drug-likeness (QED) is 0.790. The molecular weight excluding hydrogens is 264 g/mol. The Morgan fingerprint density at radius 3 is 2.95 bits per heavy atom. The van der Waals surface area contributed by atoms with Gasteiger partial charge < -0.3 is 14.9 Å². The van der Waals surface area contributed by atoms with Crippen molar-refractivity contribution in [2.24, 2.45) is 5.92 Å². The number of carbonyl (C=O) groups excluding carboxylic acids is 1. The van der Waals surface area contributed by atoms with Crippen molar-refractivity contribution in [1.29, 1.82) is 0 Å². The topological polar surface area (TPSA) is 43.8 Å². The van der Waals surface area contributed by atoms with Crippen molar-refractivity contribution in [2.75, 3.05) is 24.5 Å². The number of anilines is 1. The van der Waals surface area contributed by atoms with E-state index in [9.17, 15) is 9.90 Å². The number of fused-ring (bicyclic) bond motifs is 2. The Morgan fingerprint density at radius 1 is 1.29 bits per heavy atom. The number of aliphatic hydroxyl groups is 1. The molecule has 0 saturated heterocycles. The van der Waals surface area contributed by atoms with Gasteiger partial charge in [-0.3, -0.25) is 4.79 Å². The summed E-state index contributed by atoms with van der Waals surface area (Å²) in [6, 6.07) is 6.40. The molecule has 1 fully saturated rings. The van der Waals surface area contributed by atoms with E-state index in [-0.39, 0.29) is 12.0 Å². The van der Waals surface area contributed by atoms with Gasteiger partial charge in [-0.15, -0.1) is 0 Å². The smallest absolute Gasteiger partial charge is 0.219 e. The van der Waals surface area contributed by atoms with E-state index in [0.717, 1.165) is 32.5 Å². The minimum atomic E-state index is -0.198. The van der Waals surface area contributed by atoms with Crippen LogP contribution in [0.1, 0.15) is 36.8 Å². The summed E-state index contributed by atoms with van der Waals surface area (Å²) >= 11 is 0. The monoisotopic (exact) mass is 286 g/mol. The highest BCUT2D eigenvalue weighted by Crippen LogP contribution is 2.49. The highest BCUT2D eigenvalue weighted by molar-refractivity contribution is 5.74. The maximum atomic E-state index is 11.8. The molecule has 1 aromatic rings. The van der Waals surface area contributed by atoms with Crippen molar-refractivity contribution in [3.05, 3.63) is 29.3 Å². The van der Waals surface area contributed by atoms with Gasteiger partial charge in [-0.05, 0) is 29.9 Å². The molecule has 21 heavy (non-hydrogen) atoms. The van der Waals surface area contributed by atoms with E-state index in [1.807, 2.05) is 4.90 Å². The zero-order valence-electron chi connectivity index (χ0n) is 12.5. The molecule has 2 heterocycles. The van der Waals surface area contributed by atoms with Crippen molar-refractivity contribution < 1.29 is 9.90 Å². The van der Waals surface area contributed by atoms with E-state index < -0.39 is 0 Å². The lowest BCUT2D eigenvalue weighted by molar-refractivity contribution is -0.129. The summed E-state index contributed by atoms with van der Waals surface area (Å²) in [5.41, 5.74) is 3.83. The summed E-state index contributed by atoms with van der Waals surface area (Å²) in [7, 11) is 0. The Kier molecular flexibility index (Phi) is 2.96. The molecule has 112 valence electrons. The van der Waals surface area contributed by atoms with Crippen LogP contribution in [0.25, 0.3) is 0 Å². The number of carbonyl (C=O) groups is 1. The summed E-state index contributed by atoms with van der Waals surface area (Å²) in [5.74, 6) is 0.999. The van der Waals surface area contributed by atoms with Gasteiger partial charge in [0.15, 0.2) is 0 Å². The predicted octanol–water partition coefficient (Wildman–Crippen LogP) is 1.72. The van der Waals surface area contributed by atoms with Crippen LogP contribution >= 0.6 is 0 Å². The number of hydrogen-bond acceptors (Lipinski definition) is 3. The number of hydrogen-bond donors (Lipinski definition) is 1. The van der Waals surface area contributed by atoms with Crippen LogP contribution in [0, 0.1) is 5.92 Å². The molecule has 0 spiro atoms. The second-order valence-corrected chi connectivity index (χ2v) is 6.67. The van der Waals surface area contributed by atoms with Crippen molar-refractivity contribution in [2.45, 2.75) is 38.3 Å². The first-order valence-corrected chi connectivity index (χ1v) is 7.95. The van der Waals surface area contributed by atoms with E-state index in [1.54, 1.807) is 6.92 Å². The number of benzene rings is 1. The molecule has 4 rings (SSSR count). The zero-order valence-corrected chi connectivity index (χ0v) is 12.5. The highest BCUT2D eigenvalue weighted by atomic mass is 16.3. The number of nitrogens with zero attached hydrogens (tertiary/aromatic N) is 2. The molecule has 1 aliphatic carbocycles. The molecule has 4 heteroatoms. The number of para-hydroxylation sites is 1. The molecule has 1 amide bonds. The van der Waals surface area contributed by atoms with Gasteiger partial charge in [-0.2, -0.15) is 0 Å². The molecule has 3 aliphatic rings. The molecule has 0 radical (unpaired) electrons. The van der Waals surface area contributed by atoms with Gasteiger partial charge in [0.05, 0.1) is 6.10 Å². The first-order valence-electron chi connectivity index (χ1n) is 7.95. The third-order valence-corrected chi connectivity index (χ3v) is 5.48. The van der Waals surface area contributed by atoms with Crippen molar-refractivity contribution in [1.82, 2.24) is 4.90 Å². The standard InChI is InChI=1S/C17H22N2O2/c1-11(20)18-7-8-19-9-12-5-6-15(21)16(12)14-4-2-3-13(10-18)17(14)19/h2-4,12,15-16,21H,5-10H2,1H3/t12?,15?,16-/m0/s1. The van der Waals surface area contributed by atoms with Crippen LogP contribution in [0.5, 0.6) is 0 Å². The van der Waals surface area contributed by atoms with Crippen LogP contribution in [0.15, 0.2) is 18.2 Å². The molecule has 1 N–H and O–H groups in total. The highest BCUT2D eigenvalue weighted by Gasteiger charge is 2.43. The Balaban J connectivity index is 1.81. The average molecular weight is 286 g/mol. The van der Waals surface area contributed by atoms with E-state index in [1.165, 1.54) is 16.8 Å². The minimum Gasteiger partial charge on any atom is -0.392 e. The maximum Gasteiger partial charge on any atom is 0.219 e. The lowest BCUT2D eigenvalue weighted by Crippen LogP contribution is -2.40. The average Bonchev–Trinajstić information content (AvgIpc) is 2.73. The van der Waals surface area contributed by atoms with Gasteiger partial charge in [-0.1, -0.05) is 18.2 Å². The molecule has 2 aliphatic heterocycles. The normalized spacial score (nSPS) is 30.7. The Morgan fingerprint density at radius 2 is 2.14 bits per heavy atom. The van der Waals surface area contributed by atoms with Gasteiger partial charge in [0.1, 0.15) is 0 Å². The van der Waals surface area contributed by atoms with Crippen molar-refractivity contribution in [3.8, 4) is 0 Å². The second kappa shape index (κ2) is 4.73. The fraction of sp³-hybridized carbons (Fsp3) is 0.588. The summed E-state index contributed by atoms with van der Waals surface area (Å²) in [6.45, 7) is 5.07. The van der Waals surface area contributed by atoms with Crippen molar-refractivity contribution in [3.63, 3.8) is 0 Å². The van der Waals surface area contributed by atoms with E-state index in [4.69, 9.17) is 0 Å². The molecular formula is C17H22N2O2. The Bertz CT molecular complexity index is 586. The SMILES string of the molecule is CC(=O)N1CCN2CC3CCC(O)[C@@H]3c3cccc(c32)C1. The fourth-order valence-corrected chi connectivity index (χ4v) is 4.49. The molecule has 2 unspecified atom stereocenters. The zero-order chi connectivity index (χ0) is 14.6. The van der Waals surface area contributed by atoms with Gasteiger partial charge in [0.25, 0.3) is 0 Å². The molecule has 3 atom stereocenters. The number of amides is 1. The second-order valence-electron chi connectivity index (χ2n) is 6.67. The van der Waals surface area contributed by atoms with Gasteiger partial charge in [-0.25, -0.2) is 0 Å². The Labute approximate surface area is 125 Å². The lowest BCUT2D eigenvalue weighted by atomic mass is 9.81. The van der Waals surface area contributed by atoms with Crippen LogP contribution in [0.3, 0.4) is 0 Å². The molecule has 0 bridgehead atoms. The summed E-state index contributed by atoms with van der Waals surface area (Å²) in [5, 5.41) is 10.4. The van der Waals surface area contributed by atoms with E-state index >= 15 is 0 Å². The predicted molar refractivity (Wildman–Crippen MR) is 81.2 cm³/mol. The van der Waals surface area contributed by atoms with E-state index in [2.05, 4.69) is 23.1 Å². The van der Waals surface area contributed by atoms with Gasteiger partial charge >= 0.3 is 0 Å². The molecule has 1 saturated carbocycles. The largest absolute Gasteiger partial charge is 0.392 e. The van der Waals surface area contributed by atoms with Crippen LogP contribution in [0.2, 0.25) is 0 Å². The first-order chi connectivity index (χ1) is 10.1. The maximum absolute atomic E-state index is 11.8.